The normalized spacial score (nSPS) is 11.0. The number of fused-ring (bicyclic) bond motifs is 1. The number of benzene rings is 2. The van der Waals surface area contributed by atoms with Crippen molar-refractivity contribution in [1.82, 2.24) is 19.7 Å². The number of nitrogens with zero attached hydrogens (tertiary/aromatic N) is 3. The highest BCUT2D eigenvalue weighted by Crippen LogP contribution is 2.25. The first kappa shape index (κ1) is 16.9. The quantitative estimate of drug-likeness (QED) is 0.493. The van der Waals surface area contributed by atoms with Crippen LogP contribution in [0.1, 0.15) is 0 Å². The van der Waals surface area contributed by atoms with Gasteiger partial charge in [-0.15, -0.1) is 0 Å². The number of nitrogens with one attached hydrogen (secondary N) is 2. The fourth-order valence-corrected chi connectivity index (χ4v) is 3.72. The van der Waals surface area contributed by atoms with E-state index in [1.54, 1.807) is 16.7 Å². The van der Waals surface area contributed by atoms with Crippen LogP contribution in [0.5, 0.6) is 0 Å². The van der Waals surface area contributed by atoms with E-state index in [0.29, 0.717) is 20.7 Å². The van der Waals surface area contributed by atoms with Crippen molar-refractivity contribution >= 4 is 56.4 Å². The van der Waals surface area contributed by atoms with Gasteiger partial charge in [0.05, 0.1) is 10.2 Å². The summed E-state index contributed by atoms with van der Waals surface area (Å²) in [6.07, 6.45) is 0. The van der Waals surface area contributed by atoms with Crippen LogP contribution in [0.25, 0.3) is 21.6 Å². The number of carbonyl (C=O) groups excluding carboxylic acids is 1. The minimum absolute atomic E-state index is 0.0310. The maximum Gasteiger partial charge on any atom is 0.246 e. The Kier molecular flexibility index (Phi) is 4.54. The standard InChI is InChI=1S/C17H12ClN5OS2/c18-11-7-5-10(6-8-11)15-21-22-17(25)23(15)9-14(24)20-16-19-12-3-1-2-4-13(12)26-16/h1-8H,9H2,(H,22,25)(H,19,20,24). The van der Waals surface area contributed by atoms with E-state index in [2.05, 4.69) is 20.5 Å². The molecule has 4 aromatic rings. The van der Waals surface area contributed by atoms with E-state index in [4.69, 9.17) is 23.8 Å². The fourth-order valence-electron chi connectivity index (χ4n) is 2.51. The molecule has 2 N–H and O–H groups in total. The zero-order valence-corrected chi connectivity index (χ0v) is 15.7. The predicted molar refractivity (Wildman–Crippen MR) is 106 cm³/mol. The third kappa shape index (κ3) is 3.39. The van der Waals surface area contributed by atoms with Crippen LogP contribution in [-0.4, -0.2) is 25.7 Å². The molecular weight excluding hydrogens is 390 g/mol. The van der Waals surface area contributed by atoms with Gasteiger partial charge in [-0.05, 0) is 48.6 Å². The Hall–Kier alpha value is -2.55. The first-order valence-electron chi connectivity index (χ1n) is 7.67. The maximum atomic E-state index is 12.5. The molecule has 1 amide bonds. The summed E-state index contributed by atoms with van der Waals surface area (Å²) in [5.41, 5.74) is 1.67. The molecule has 2 aromatic carbocycles. The van der Waals surface area contributed by atoms with E-state index in [9.17, 15) is 4.79 Å². The molecule has 0 saturated heterocycles. The van der Waals surface area contributed by atoms with Gasteiger partial charge in [0.2, 0.25) is 5.91 Å². The van der Waals surface area contributed by atoms with Gasteiger partial charge in [-0.25, -0.2) is 4.98 Å². The van der Waals surface area contributed by atoms with E-state index in [0.717, 1.165) is 15.8 Å². The van der Waals surface area contributed by atoms with Gasteiger partial charge in [-0.2, -0.15) is 5.10 Å². The maximum absolute atomic E-state index is 12.5. The second-order valence-corrected chi connectivity index (χ2v) is 7.33. The van der Waals surface area contributed by atoms with Crippen LogP contribution in [0.15, 0.2) is 48.5 Å². The van der Waals surface area contributed by atoms with Crippen LogP contribution in [0, 0.1) is 4.77 Å². The number of halogens is 1. The van der Waals surface area contributed by atoms with Crippen molar-refractivity contribution < 1.29 is 4.79 Å². The number of aromatic amines is 1. The summed E-state index contributed by atoms with van der Waals surface area (Å²) >= 11 is 12.6. The molecule has 6 nitrogen and oxygen atoms in total. The molecule has 4 rings (SSSR count). The van der Waals surface area contributed by atoms with Crippen LogP contribution in [0.2, 0.25) is 5.02 Å². The summed E-state index contributed by atoms with van der Waals surface area (Å²) in [6, 6.07) is 14.9. The van der Waals surface area contributed by atoms with Crippen molar-refractivity contribution in [3.63, 3.8) is 0 Å². The lowest BCUT2D eigenvalue weighted by molar-refractivity contribution is -0.116. The molecule has 9 heteroatoms. The van der Waals surface area contributed by atoms with E-state index < -0.39 is 0 Å². The number of anilines is 1. The molecule has 0 aliphatic rings. The number of hydrogen-bond donors (Lipinski definition) is 2. The largest absolute Gasteiger partial charge is 0.300 e. The molecule has 0 bridgehead atoms. The minimum Gasteiger partial charge on any atom is -0.300 e. The van der Waals surface area contributed by atoms with Crippen molar-refractivity contribution in [3.8, 4) is 11.4 Å². The molecule has 0 saturated carbocycles. The van der Waals surface area contributed by atoms with Gasteiger partial charge < -0.3 is 5.32 Å². The fraction of sp³-hybridized carbons (Fsp3) is 0.0588. The Labute approximate surface area is 162 Å². The van der Waals surface area contributed by atoms with Crippen LogP contribution >= 0.6 is 35.2 Å². The summed E-state index contributed by atoms with van der Waals surface area (Å²) in [7, 11) is 0. The van der Waals surface area contributed by atoms with Crippen molar-refractivity contribution in [2.75, 3.05) is 5.32 Å². The van der Waals surface area contributed by atoms with E-state index in [-0.39, 0.29) is 12.5 Å². The molecule has 26 heavy (non-hydrogen) atoms. The molecule has 130 valence electrons. The van der Waals surface area contributed by atoms with Gasteiger partial charge in [0.15, 0.2) is 15.7 Å². The Morgan fingerprint density at radius 1 is 1.23 bits per heavy atom. The third-order valence-electron chi connectivity index (χ3n) is 3.70. The van der Waals surface area contributed by atoms with Gasteiger partial charge in [0.25, 0.3) is 0 Å². The van der Waals surface area contributed by atoms with E-state index >= 15 is 0 Å². The van der Waals surface area contributed by atoms with E-state index in [1.807, 2.05) is 36.4 Å². The lowest BCUT2D eigenvalue weighted by Gasteiger charge is -2.06. The first-order valence-corrected chi connectivity index (χ1v) is 9.27. The number of para-hydroxylation sites is 1. The molecule has 0 radical (unpaired) electrons. The zero-order chi connectivity index (χ0) is 18.1. The first-order chi connectivity index (χ1) is 12.6. The lowest BCUT2D eigenvalue weighted by atomic mass is 10.2. The highest BCUT2D eigenvalue weighted by atomic mass is 35.5. The minimum atomic E-state index is -0.225. The summed E-state index contributed by atoms with van der Waals surface area (Å²) in [5.74, 6) is 0.350. The lowest BCUT2D eigenvalue weighted by Crippen LogP contribution is -2.19. The van der Waals surface area contributed by atoms with E-state index in [1.165, 1.54) is 11.3 Å². The van der Waals surface area contributed by atoms with Gasteiger partial charge in [-0.1, -0.05) is 35.1 Å². The summed E-state index contributed by atoms with van der Waals surface area (Å²) in [4.78, 5) is 16.9. The molecule has 0 unspecified atom stereocenters. The Morgan fingerprint density at radius 3 is 2.77 bits per heavy atom. The predicted octanol–water partition coefficient (Wildman–Crippen LogP) is 4.51. The van der Waals surface area contributed by atoms with Crippen LogP contribution < -0.4 is 5.32 Å². The second-order valence-electron chi connectivity index (χ2n) is 5.48. The number of rotatable bonds is 4. The molecule has 0 spiro atoms. The van der Waals surface area contributed by atoms with Crippen LogP contribution in [0.4, 0.5) is 5.13 Å². The highest BCUT2D eigenvalue weighted by molar-refractivity contribution is 7.71. The molecule has 2 heterocycles. The monoisotopic (exact) mass is 401 g/mol. The highest BCUT2D eigenvalue weighted by Gasteiger charge is 2.14. The Bertz CT molecular complexity index is 1110. The second kappa shape index (κ2) is 6.99. The van der Waals surface area contributed by atoms with Crippen LogP contribution in [0.3, 0.4) is 0 Å². The molecule has 0 atom stereocenters. The zero-order valence-electron chi connectivity index (χ0n) is 13.3. The van der Waals surface area contributed by atoms with Crippen LogP contribution in [-0.2, 0) is 11.3 Å². The van der Waals surface area contributed by atoms with Crippen molar-refractivity contribution in [2.24, 2.45) is 0 Å². The average molecular weight is 402 g/mol. The Morgan fingerprint density at radius 2 is 2.00 bits per heavy atom. The summed E-state index contributed by atoms with van der Waals surface area (Å²) in [5, 5.41) is 11.0. The summed E-state index contributed by atoms with van der Waals surface area (Å²) < 4.78 is 3.03. The van der Waals surface area contributed by atoms with Gasteiger partial charge in [0.1, 0.15) is 6.54 Å². The molecule has 0 fully saturated rings. The SMILES string of the molecule is O=C(Cn1c(-c2ccc(Cl)cc2)n[nH]c1=S)Nc1nc2ccccc2s1. The number of amides is 1. The smallest absolute Gasteiger partial charge is 0.246 e. The molecule has 0 aliphatic carbocycles. The van der Waals surface area contributed by atoms with Gasteiger partial charge in [0, 0.05) is 10.6 Å². The number of aromatic nitrogens is 4. The van der Waals surface area contributed by atoms with Gasteiger partial charge >= 0.3 is 0 Å². The third-order valence-corrected chi connectivity index (χ3v) is 5.22. The average Bonchev–Trinajstić information content (AvgIpc) is 3.19. The number of H-pyrrole nitrogens is 1. The molecular formula is C17H12ClN5OS2. The number of thiazole rings is 1. The molecule has 2 aromatic heterocycles. The summed E-state index contributed by atoms with van der Waals surface area (Å²) in [6.45, 7) is 0.0310. The van der Waals surface area contributed by atoms with Crippen molar-refractivity contribution in [2.45, 2.75) is 6.54 Å². The Balaban J connectivity index is 1.57. The number of hydrogen-bond acceptors (Lipinski definition) is 5. The van der Waals surface area contributed by atoms with Crippen molar-refractivity contribution in [3.05, 3.63) is 58.3 Å². The van der Waals surface area contributed by atoms with Crippen molar-refractivity contribution in [1.29, 1.82) is 0 Å². The number of carbonyl (C=O) groups is 1. The topological polar surface area (TPSA) is 75.6 Å². The van der Waals surface area contributed by atoms with Gasteiger partial charge in [-0.3, -0.25) is 14.5 Å². The molecule has 0 aliphatic heterocycles.